The molecule has 21 heavy (non-hydrogen) atoms. The second kappa shape index (κ2) is 5.43. The van der Waals surface area contributed by atoms with Crippen LogP contribution in [0, 0.1) is 0 Å². The summed E-state index contributed by atoms with van der Waals surface area (Å²) in [6.45, 7) is 0.924. The maximum atomic E-state index is 12.3. The lowest BCUT2D eigenvalue weighted by Gasteiger charge is -2.22. The molecule has 7 heteroatoms. The topological polar surface area (TPSA) is 95.9 Å². The number of hydrogen-bond acceptors (Lipinski definition) is 4. The molecule has 1 heterocycles. The van der Waals surface area contributed by atoms with Gasteiger partial charge in [-0.25, -0.2) is 4.79 Å². The molecule has 2 N–H and O–H groups in total. The van der Waals surface area contributed by atoms with E-state index in [1.807, 2.05) is 0 Å². The first-order valence-electron chi connectivity index (χ1n) is 6.35. The Morgan fingerprint density at radius 2 is 2.05 bits per heavy atom. The van der Waals surface area contributed by atoms with Crippen molar-refractivity contribution >= 4 is 17.9 Å². The number of amides is 3. The summed E-state index contributed by atoms with van der Waals surface area (Å²) in [6.07, 6.45) is 0.220. The number of nitrogens with zero attached hydrogens (tertiary/aromatic N) is 1. The van der Waals surface area contributed by atoms with Crippen molar-refractivity contribution in [3.63, 3.8) is 0 Å². The molecule has 1 aromatic carbocycles. The summed E-state index contributed by atoms with van der Waals surface area (Å²) in [6, 6.07) is 6.46. The van der Waals surface area contributed by atoms with E-state index in [9.17, 15) is 14.4 Å². The van der Waals surface area contributed by atoms with E-state index in [4.69, 9.17) is 9.84 Å². The minimum atomic E-state index is -1.24. The van der Waals surface area contributed by atoms with Gasteiger partial charge in [0.25, 0.3) is 5.91 Å². The summed E-state index contributed by atoms with van der Waals surface area (Å²) in [5, 5.41) is 11.3. The minimum absolute atomic E-state index is 0.220. The number of carbonyl (C=O) groups is 3. The van der Waals surface area contributed by atoms with E-state index >= 15 is 0 Å². The lowest BCUT2D eigenvalue weighted by molar-refractivity contribution is -0.142. The maximum absolute atomic E-state index is 12.3. The summed E-state index contributed by atoms with van der Waals surface area (Å²) in [7, 11) is 1.52. The molecule has 0 aromatic heterocycles. The van der Waals surface area contributed by atoms with Crippen molar-refractivity contribution in [3.05, 3.63) is 29.8 Å². The van der Waals surface area contributed by atoms with Crippen molar-refractivity contribution in [2.24, 2.45) is 0 Å². The number of nitrogens with one attached hydrogen (secondary N) is 1. The van der Waals surface area contributed by atoms with Crippen LogP contribution >= 0.6 is 0 Å². The van der Waals surface area contributed by atoms with E-state index in [0.29, 0.717) is 10.6 Å². The molecule has 1 atom stereocenters. The molecule has 1 aromatic rings. The molecule has 3 amide bonds. The predicted molar refractivity (Wildman–Crippen MR) is 73.0 cm³/mol. The Bertz CT molecular complexity index is 601. The Labute approximate surface area is 121 Å². The third-order valence-electron chi connectivity index (χ3n) is 3.38. The van der Waals surface area contributed by atoms with Gasteiger partial charge in [-0.3, -0.25) is 14.5 Å². The zero-order valence-electron chi connectivity index (χ0n) is 11.8. The summed E-state index contributed by atoms with van der Waals surface area (Å²) < 4.78 is 5.22. The number of carbonyl (C=O) groups excluding carboxylic acids is 2. The second-order valence-corrected chi connectivity index (χ2v) is 5.04. The molecule has 0 spiro atoms. The van der Waals surface area contributed by atoms with Crippen LogP contribution in [0.25, 0.3) is 0 Å². The molecule has 0 aliphatic carbocycles. The van der Waals surface area contributed by atoms with Gasteiger partial charge in [0.2, 0.25) is 0 Å². The van der Waals surface area contributed by atoms with Gasteiger partial charge in [0.15, 0.2) is 0 Å². The number of carboxylic acids is 1. The van der Waals surface area contributed by atoms with Gasteiger partial charge in [-0.2, -0.15) is 0 Å². The zero-order valence-corrected chi connectivity index (χ0v) is 11.8. The van der Waals surface area contributed by atoms with Gasteiger partial charge >= 0.3 is 12.0 Å². The van der Waals surface area contributed by atoms with Crippen molar-refractivity contribution in [2.75, 3.05) is 13.7 Å². The van der Waals surface area contributed by atoms with Crippen LogP contribution in [0.2, 0.25) is 0 Å². The zero-order chi connectivity index (χ0) is 15.6. The summed E-state index contributed by atoms with van der Waals surface area (Å²) >= 11 is 0. The number of rotatable bonds is 5. The lowest BCUT2D eigenvalue weighted by atomic mass is 9.92. The fourth-order valence-corrected chi connectivity index (χ4v) is 2.38. The molecule has 112 valence electrons. The largest absolute Gasteiger partial charge is 0.496 e. The van der Waals surface area contributed by atoms with E-state index < -0.39 is 30.0 Å². The highest BCUT2D eigenvalue weighted by atomic mass is 16.5. The number of para-hydroxylation sites is 1. The molecule has 0 radical (unpaired) electrons. The second-order valence-electron chi connectivity index (χ2n) is 5.04. The Kier molecular flexibility index (Phi) is 3.84. The third kappa shape index (κ3) is 2.81. The van der Waals surface area contributed by atoms with E-state index in [2.05, 4.69) is 5.32 Å². The molecule has 0 bridgehead atoms. The Balaban J connectivity index is 2.25. The molecule has 7 nitrogen and oxygen atoms in total. The van der Waals surface area contributed by atoms with Crippen LogP contribution in [0.5, 0.6) is 5.75 Å². The van der Waals surface area contributed by atoms with Crippen molar-refractivity contribution < 1.29 is 24.2 Å². The van der Waals surface area contributed by atoms with Crippen LogP contribution in [-0.2, 0) is 16.0 Å². The standard InChI is InChI=1S/C14H16N2O5/c1-14(7-9-5-3-4-6-10(9)21-2)12(19)16(8-11(17)18)13(20)15-14/h3-6H,7-8H2,1-2H3,(H,15,20)(H,17,18). The van der Waals surface area contributed by atoms with Gasteiger partial charge in [0.1, 0.15) is 17.8 Å². The smallest absolute Gasteiger partial charge is 0.325 e. The first-order chi connectivity index (χ1) is 9.87. The molecule has 1 aliphatic heterocycles. The van der Waals surface area contributed by atoms with Crippen LogP contribution < -0.4 is 10.1 Å². The third-order valence-corrected chi connectivity index (χ3v) is 3.38. The predicted octanol–water partition coefficient (Wildman–Crippen LogP) is 0.633. The summed E-state index contributed by atoms with van der Waals surface area (Å²) in [5.41, 5.74) is -0.422. The van der Waals surface area contributed by atoms with Gasteiger partial charge in [-0.15, -0.1) is 0 Å². The van der Waals surface area contributed by atoms with Gasteiger partial charge in [-0.1, -0.05) is 18.2 Å². The van der Waals surface area contributed by atoms with Crippen molar-refractivity contribution in [3.8, 4) is 5.75 Å². The maximum Gasteiger partial charge on any atom is 0.325 e. The lowest BCUT2D eigenvalue weighted by Crippen LogP contribution is -2.46. The van der Waals surface area contributed by atoms with Gasteiger partial charge in [-0.05, 0) is 18.6 Å². The van der Waals surface area contributed by atoms with Crippen LogP contribution in [-0.4, -0.2) is 47.1 Å². The molecular weight excluding hydrogens is 276 g/mol. The number of benzene rings is 1. The first-order valence-corrected chi connectivity index (χ1v) is 6.35. The molecule has 1 saturated heterocycles. The average molecular weight is 292 g/mol. The van der Waals surface area contributed by atoms with E-state index in [-0.39, 0.29) is 6.42 Å². The van der Waals surface area contributed by atoms with Crippen molar-refractivity contribution in [1.82, 2.24) is 10.2 Å². The van der Waals surface area contributed by atoms with Gasteiger partial charge < -0.3 is 15.2 Å². The highest BCUT2D eigenvalue weighted by molar-refractivity contribution is 6.08. The first kappa shape index (κ1) is 14.8. The highest BCUT2D eigenvalue weighted by Crippen LogP contribution is 2.27. The quantitative estimate of drug-likeness (QED) is 0.776. The van der Waals surface area contributed by atoms with Crippen LogP contribution in [0.1, 0.15) is 12.5 Å². The van der Waals surface area contributed by atoms with Crippen molar-refractivity contribution in [2.45, 2.75) is 18.9 Å². The average Bonchev–Trinajstić information content (AvgIpc) is 2.62. The minimum Gasteiger partial charge on any atom is -0.496 e. The Morgan fingerprint density at radius 3 is 2.67 bits per heavy atom. The number of carboxylic acid groups (broad SMARTS) is 1. The summed E-state index contributed by atoms with van der Waals surface area (Å²) in [5.74, 6) is -1.18. The highest BCUT2D eigenvalue weighted by Gasteiger charge is 2.48. The fourth-order valence-electron chi connectivity index (χ4n) is 2.38. The van der Waals surface area contributed by atoms with E-state index in [0.717, 1.165) is 5.56 Å². The fraction of sp³-hybridized carbons (Fsp3) is 0.357. The number of urea groups is 1. The number of ether oxygens (including phenoxy) is 1. The van der Waals surface area contributed by atoms with Crippen LogP contribution in [0.3, 0.4) is 0 Å². The van der Waals surface area contributed by atoms with Gasteiger partial charge in [0, 0.05) is 6.42 Å². The molecule has 1 unspecified atom stereocenters. The van der Waals surface area contributed by atoms with Gasteiger partial charge in [0.05, 0.1) is 7.11 Å². The Hall–Kier alpha value is -2.57. The van der Waals surface area contributed by atoms with Crippen molar-refractivity contribution in [1.29, 1.82) is 0 Å². The number of methoxy groups -OCH3 is 1. The van der Waals surface area contributed by atoms with Crippen LogP contribution in [0.15, 0.2) is 24.3 Å². The van der Waals surface area contributed by atoms with Crippen LogP contribution in [0.4, 0.5) is 4.79 Å². The molecule has 1 aliphatic rings. The SMILES string of the molecule is COc1ccccc1CC1(C)NC(=O)N(CC(=O)O)C1=O. The Morgan fingerprint density at radius 1 is 1.38 bits per heavy atom. The molecular formula is C14H16N2O5. The number of aliphatic carboxylic acids is 1. The molecule has 0 saturated carbocycles. The molecule has 2 rings (SSSR count). The number of imide groups is 1. The van der Waals surface area contributed by atoms with E-state index in [1.165, 1.54) is 7.11 Å². The monoisotopic (exact) mass is 292 g/mol. The summed E-state index contributed by atoms with van der Waals surface area (Å²) in [4.78, 5) is 35.5. The number of hydrogen-bond donors (Lipinski definition) is 2. The normalized spacial score (nSPS) is 21.3. The van der Waals surface area contributed by atoms with E-state index in [1.54, 1.807) is 31.2 Å². The molecule has 1 fully saturated rings.